The number of aliphatic imine (C=N–C) groups is 1. The van der Waals surface area contributed by atoms with E-state index in [1.54, 1.807) is 32.4 Å². The van der Waals surface area contributed by atoms with Crippen LogP contribution in [0.25, 0.3) is 0 Å². The third-order valence-electron chi connectivity index (χ3n) is 6.44. The molecule has 0 bridgehead atoms. The van der Waals surface area contributed by atoms with Gasteiger partial charge < -0.3 is 19.5 Å². The maximum Gasteiger partial charge on any atom is 0.357 e. The number of methoxy groups -OCH3 is 1. The maximum absolute atomic E-state index is 13.0. The van der Waals surface area contributed by atoms with E-state index in [4.69, 9.17) is 14.2 Å². The average molecular weight is 421 g/mol. The number of esters is 1. The van der Waals surface area contributed by atoms with Gasteiger partial charge in [0.2, 0.25) is 5.88 Å². The van der Waals surface area contributed by atoms with E-state index in [1.165, 1.54) is 35.1 Å². The Hall–Kier alpha value is -3.09. The molecule has 1 N–H and O–H groups in total. The molecule has 1 atom stereocenters. The van der Waals surface area contributed by atoms with Crippen molar-refractivity contribution in [2.45, 2.75) is 51.0 Å². The second-order valence-electron chi connectivity index (χ2n) is 8.22. The molecule has 5 rings (SSSR count). The lowest BCUT2D eigenvalue weighted by Gasteiger charge is -2.26. The number of aromatic nitrogens is 1. The zero-order valence-corrected chi connectivity index (χ0v) is 18.0. The van der Waals surface area contributed by atoms with Gasteiger partial charge in [-0.15, -0.1) is 0 Å². The third-order valence-corrected chi connectivity index (χ3v) is 6.44. The molecular formula is C24H27N3O4. The molecular weight excluding hydrogens is 394 g/mol. The summed E-state index contributed by atoms with van der Waals surface area (Å²) in [6, 6.07) is 6.23. The molecule has 0 spiro atoms. The summed E-state index contributed by atoms with van der Waals surface area (Å²) in [5.41, 5.74) is 5.97. The van der Waals surface area contributed by atoms with Crippen LogP contribution in [0.2, 0.25) is 0 Å². The number of nitrogens with one attached hydrogen (secondary N) is 1. The summed E-state index contributed by atoms with van der Waals surface area (Å²) in [6.07, 6.45) is 8.29. The SMILES string of the molecule is CCOC(=O)C1(c2ccc(OC)nc2)CN=C(Nc2c3c(cc4c2CCC4)CCC3)O1. The average Bonchev–Trinajstić information content (AvgIpc) is 3.54. The molecule has 1 aromatic heterocycles. The summed E-state index contributed by atoms with van der Waals surface area (Å²) >= 11 is 0. The van der Waals surface area contributed by atoms with Gasteiger partial charge in [0.15, 0.2) is 0 Å². The summed E-state index contributed by atoms with van der Waals surface area (Å²) in [6.45, 7) is 2.18. The number of fused-ring (bicyclic) bond motifs is 2. The number of ether oxygens (including phenoxy) is 3. The van der Waals surface area contributed by atoms with E-state index in [0.29, 0.717) is 17.5 Å². The van der Waals surface area contributed by atoms with Crippen LogP contribution in [-0.2, 0) is 45.6 Å². The Morgan fingerprint density at radius 1 is 1.16 bits per heavy atom. The van der Waals surface area contributed by atoms with Crippen LogP contribution in [0.3, 0.4) is 0 Å². The fraction of sp³-hybridized carbons (Fsp3) is 0.458. The largest absolute Gasteiger partial charge is 0.481 e. The van der Waals surface area contributed by atoms with Crippen LogP contribution in [0.15, 0.2) is 29.4 Å². The molecule has 2 aromatic rings. The van der Waals surface area contributed by atoms with Crippen molar-refractivity contribution in [2.75, 3.05) is 25.6 Å². The third kappa shape index (κ3) is 3.32. The van der Waals surface area contributed by atoms with Crippen molar-refractivity contribution in [3.8, 4) is 5.88 Å². The van der Waals surface area contributed by atoms with Crippen molar-refractivity contribution in [3.05, 3.63) is 52.2 Å². The van der Waals surface area contributed by atoms with Gasteiger partial charge in [0.1, 0.15) is 0 Å². The first-order valence-electron chi connectivity index (χ1n) is 11.0. The van der Waals surface area contributed by atoms with Crippen molar-refractivity contribution >= 4 is 17.7 Å². The summed E-state index contributed by atoms with van der Waals surface area (Å²) in [7, 11) is 1.55. The number of carbonyl (C=O) groups excluding carboxylic acids is 1. The van der Waals surface area contributed by atoms with Crippen molar-refractivity contribution in [3.63, 3.8) is 0 Å². The number of hydrogen-bond acceptors (Lipinski definition) is 7. The number of anilines is 1. The Kier molecular flexibility index (Phi) is 5.04. The van der Waals surface area contributed by atoms with Gasteiger partial charge in [-0.2, -0.15) is 0 Å². The van der Waals surface area contributed by atoms with Crippen LogP contribution in [0.4, 0.5) is 5.69 Å². The van der Waals surface area contributed by atoms with E-state index in [9.17, 15) is 4.79 Å². The lowest BCUT2D eigenvalue weighted by Crippen LogP contribution is -2.42. The molecule has 1 aliphatic heterocycles. The lowest BCUT2D eigenvalue weighted by molar-refractivity contribution is -0.161. The second-order valence-corrected chi connectivity index (χ2v) is 8.22. The highest BCUT2D eigenvalue weighted by Gasteiger charge is 2.49. The van der Waals surface area contributed by atoms with Crippen LogP contribution in [-0.4, -0.2) is 37.2 Å². The monoisotopic (exact) mass is 421 g/mol. The second kappa shape index (κ2) is 7.87. The highest BCUT2D eigenvalue weighted by Crippen LogP contribution is 2.40. The van der Waals surface area contributed by atoms with E-state index in [2.05, 4.69) is 21.4 Å². The standard InChI is InChI=1S/C24H27N3O4/c1-3-30-22(28)24(17-10-11-20(29-2)25-13-17)14-26-23(31-24)27-21-18-8-4-6-15(18)12-16-7-5-9-19(16)21/h10-13H,3-9,14H2,1-2H3,(H,26,27). The smallest absolute Gasteiger partial charge is 0.357 e. The number of aryl methyl sites for hydroxylation is 2. The van der Waals surface area contributed by atoms with Gasteiger partial charge in [0.25, 0.3) is 11.6 Å². The Morgan fingerprint density at radius 2 is 1.90 bits per heavy atom. The van der Waals surface area contributed by atoms with E-state index < -0.39 is 11.6 Å². The van der Waals surface area contributed by atoms with Crippen LogP contribution in [0.1, 0.15) is 47.6 Å². The van der Waals surface area contributed by atoms with Crippen molar-refractivity contribution in [1.29, 1.82) is 0 Å². The number of amidine groups is 1. The fourth-order valence-corrected chi connectivity index (χ4v) is 4.91. The van der Waals surface area contributed by atoms with Gasteiger partial charge in [-0.3, -0.25) is 0 Å². The zero-order chi connectivity index (χ0) is 21.4. The first-order valence-corrected chi connectivity index (χ1v) is 11.0. The van der Waals surface area contributed by atoms with E-state index >= 15 is 0 Å². The van der Waals surface area contributed by atoms with Crippen LogP contribution in [0, 0.1) is 0 Å². The predicted octanol–water partition coefficient (Wildman–Crippen LogP) is 3.32. The van der Waals surface area contributed by atoms with Gasteiger partial charge >= 0.3 is 5.97 Å². The minimum Gasteiger partial charge on any atom is -0.481 e. The summed E-state index contributed by atoms with van der Waals surface area (Å²) in [4.78, 5) is 21.8. The fourth-order valence-electron chi connectivity index (χ4n) is 4.91. The van der Waals surface area contributed by atoms with Crippen LogP contribution in [0.5, 0.6) is 5.88 Å². The molecule has 2 aliphatic carbocycles. The molecule has 2 heterocycles. The topological polar surface area (TPSA) is 82.0 Å². The molecule has 0 amide bonds. The van der Waals surface area contributed by atoms with Gasteiger partial charge in [0.05, 0.1) is 20.3 Å². The van der Waals surface area contributed by atoms with Crippen molar-refractivity contribution in [2.24, 2.45) is 4.99 Å². The first-order chi connectivity index (χ1) is 15.1. The van der Waals surface area contributed by atoms with Gasteiger partial charge in [0, 0.05) is 23.5 Å². The molecule has 3 aliphatic rings. The Morgan fingerprint density at radius 3 is 2.52 bits per heavy atom. The van der Waals surface area contributed by atoms with Crippen LogP contribution < -0.4 is 10.1 Å². The molecule has 1 aromatic carbocycles. The van der Waals surface area contributed by atoms with Gasteiger partial charge in [-0.25, -0.2) is 14.8 Å². The molecule has 7 nitrogen and oxygen atoms in total. The highest BCUT2D eigenvalue weighted by atomic mass is 16.6. The zero-order valence-electron chi connectivity index (χ0n) is 18.0. The quantitative estimate of drug-likeness (QED) is 0.746. The molecule has 0 radical (unpaired) electrons. The van der Waals surface area contributed by atoms with Gasteiger partial charge in [-0.1, -0.05) is 6.07 Å². The number of rotatable bonds is 5. The number of pyridine rings is 1. The molecule has 0 saturated heterocycles. The van der Waals surface area contributed by atoms with Crippen LogP contribution >= 0.6 is 0 Å². The van der Waals surface area contributed by atoms with E-state index in [-0.39, 0.29) is 13.2 Å². The number of benzene rings is 1. The molecule has 162 valence electrons. The normalized spacial score (nSPS) is 21.2. The molecule has 1 unspecified atom stereocenters. The first kappa shape index (κ1) is 19.8. The molecule has 7 heteroatoms. The molecule has 0 saturated carbocycles. The minimum absolute atomic E-state index is 0.138. The van der Waals surface area contributed by atoms with Crippen molar-refractivity contribution in [1.82, 2.24) is 4.98 Å². The maximum atomic E-state index is 13.0. The number of nitrogens with zero attached hydrogens (tertiary/aromatic N) is 2. The Bertz CT molecular complexity index is 1020. The number of carbonyl (C=O) groups is 1. The van der Waals surface area contributed by atoms with E-state index in [1.807, 2.05) is 0 Å². The van der Waals surface area contributed by atoms with E-state index in [0.717, 1.165) is 31.4 Å². The molecule has 0 fully saturated rings. The van der Waals surface area contributed by atoms with Crippen molar-refractivity contribution < 1.29 is 19.0 Å². The molecule has 31 heavy (non-hydrogen) atoms. The Balaban J connectivity index is 1.46. The minimum atomic E-state index is -1.35. The Labute approximate surface area is 181 Å². The number of hydrogen-bond donors (Lipinski definition) is 1. The van der Waals surface area contributed by atoms with Gasteiger partial charge in [-0.05, 0) is 73.8 Å². The predicted molar refractivity (Wildman–Crippen MR) is 117 cm³/mol. The highest BCUT2D eigenvalue weighted by molar-refractivity contribution is 5.97. The summed E-state index contributed by atoms with van der Waals surface area (Å²) < 4.78 is 16.7. The summed E-state index contributed by atoms with van der Waals surface area (Å²) in [5.74, 6) is 0.00136. The lowest BCUT2D eigenvalue weighted by atomic mass is 9.95. The summed E-state index contributed by atoms with van der Waals surface area (Å²) in [5, 5.41) is 3.46.